The summed E-state index contributed by atoms with van der Waals surface area (Å²) in [4.78, 5) is 27.2. The van der Waals surface area contributed by atoms with Crippen LogP contribution in [-0.2, 0) is 19.1 Å². The van der Waals surface area contributed by atoms with Crippen molar-refractivity contribution in [1.82, 2.24) is 4.90 Å². The van der Waals surface area contributed by atoms with Crippen LogP contribution in [0.5, 0.6) is 0 Å². The van der Waals surface area contributed by atoms with Gasteiger partial charge in [-0.3, -0.25) is 4.90 Å². The molecule has 4 atom stereocenters. The molecule has 0 spiro atoms. The lowest BCUT2D eigenvalue weighted by Gasteiger charge is -2.32. The van der Waals surface area contributed by atoms with E-state index in [4.69, 9.17) is 9.47 Å². The smallest absolute Gasteiger partial charge is 0.341 e. The number of carbonyl (C=O) groups is 2. The molecule has 3 aliphatic rings. The maximum atomic E-state index is 12.6. The summed E-state index contributed by atoms with van der Waals surface area (Å²) in [6, 6.07) is -0.0890. The van der Waals surface area contributed by atoms with Crippen LogP contribution in [0.25, 0.3) is 0 Å². The molecule has 2 fully saturated rings. The third kappa shape index (κ3) is 3.12. The van der Waals surface area contributed by atoms with Crippen molar-refractivity contribution < 1.29 is 29.3 Å². The lowest BCUT2D eigenvalue weighted by Crippen LogP contribution is -2.50. The number of hydrogen-bond acceptors (Lipinski definition) is 7. The molecule has 2 N–H and O–H groups in total. The molecular formula is C18H25NO6. The number of allylic oxidation sites excluding steroid dienone is 1. The van der Waals surface area contributed by atoms with Crippen LogP contribution in [0, 0.1) is 5.92 Å². The zero-order valence-corrected chi connectivity index (χ0v) is 14.6. The van der Waals surface area contributed by atoms with Crippen molar-refractivity contribution in [3.63, 3.8) is 0 Å². The van der Waals surface area contributed by atoms with Crippen LogP contribution in [0.15, 0.2) is 23.3 Å². The van der Waals surface area contributed by atoms with Crippen molar-refractivity contribution in [2.75, 3.05) is 26.3 Å². The lowest BCUT2D eigenvalue weighted by molar-refractivity contribution is -0.176. The molecule has 0 aromatic carbocycles. The summed E-state index contributed by atoms with van der Waals surface area (Å²) in [6.45, 7) is 4.12. The van der Waals surface area contributed by atoms with Gasteiger partial charge in [-0.25, -0.2) is 9.59 Å². The van der Waals surface area contributed by atoms with E-state index >= 15 is 0 Å². The highest BCUT2D eigenvalue weighted by Crippen LogP contribution is 2.34. The minimum atomic E-state index is -2.05. The van der Waals surface area contributed by atoms with Crippen molar-refractivity contribution in [1.29, 1.82) is 0 Å². The van der Waals surface area contributed by atoms with E-state index in [1.165, 1.54) is 0 Å². The molecule has 7 nitrogen and oxygen atoms in total. The second kappa shape index (κ2) is 6.90. The first-order valence-electron chi connectivity index (χ1n) is 8.70. The van der Waals surface area contributed by atoms with Crippen LogP contribution in [0.1, 0.15) is 26.7 Å². The van der Waals surface area contributed by atoms with Crippen molar-refractivity contribution in [3.05, 3.63) is 23.3 Å². The van der Waals surface area contributed by atoms with E-state index in [1.807, 2.05) is 6.08 Å². The number of hydrogen-bond donors (Lipinski definition) is 2. The second-order valence-electron chi connectivity index (χ2n) is 7.03. The molecule has 0 radical (unpaired) electrons. The average molecular weight is 351 g/mol. The highest BCUT2D eigenvalue weighted by molar-refractivity contribution is 5.89. The molecule has 1 unspecified atom stereocenters. The average Bonchev–Trinajstić information content (AvgIpc) is 3.18. The van der Waals surface area contributed by atoms with Gasteiger partial charge in [0.25, 0.3) is 0 Å². The fraction of sp³-hybridized carbons (Fsp3) is 0.667. The minimum Gasteiger partial charge on any atom is -0.459 e. The number of ether oxygens (including phenoxy) is 2. The number of esters is 2. The number of aliphatic hydroxyl groups excluding tert-OH is 1. The maximum absolute atomic E-state index is 12.6. The maximum Gasteiger partial charge on any atom is 0.341 e. The van der Waals surface area contributed by atoms with E-state index in [9.17, 15) is 19.8 Å². The highest BCUT2D eigenvalue weighted by atomic mass is 16.6. The van der Waals surface area contributed by atoms with Gasteiger partial charge in [0.15, 0.2) is 5.60 Å². The van der Waals surface area contributed by atoms with Gasteiger partial charge in [0.05, 0.1) is 12.6 Å². The monoisotopic (exact) mass is 351 g/mol. The van der Waals surface area contributed by atoms with Crippen molar-refractivity contribution in [3.8, 4) is 0 Å². The van der Waals surface area contributed by atoms with E-state index in [2.05, 4.69) is 4.90 Å². The molecule has 3 aliphatic heterocycles. The third-order valence-electron chi connectivity index (χ3n) is 5.59. The quantitative estimate of drug-likeness (QED) is 0.395. The number of rotatable bonds is 1. The summed E-state index contributed by atoms with van der Waals surface area (Å²) < 4.78 is 11.1. The van der Waals surface area contributed by atoms with E-state index in [1.54, 1.807) is 19.9 Å². The Labute approximate surface area is 146 Å². The van der Waals surface area contributed by atoms with Gasteiger partial charge < -0.3 is 19.7 Å². The van der Waals surface area contributed by atoms with E-state index < -0.39 is 30.1 Å². The molecule has 2 saturated heterocycles. The topological polar surface area (TPSA) is 96.3 Å². The lowest BCUT2D eigenvalue weighted by atomic mass is 9.84. The summed E-state index contributed by atoms with van der Waals surface area (Å²) in [7, 11) is 0. The summed E-state index contributed by atoms with van der Waals surface area (Å²) in [5.74, 6) is -1.99. The first-order valence-corrected chi connectivity index (χ1v) is 8.70. The first-order chi connectivity index (χ1) is 11.9. The van der Waals surface area contributed by atoms with Gasteiger partial charge in [-0.1, -0.05) is 19.1 Å². The normalized spacial score (nSPS) is 38.5. The van der Waals surface area contributed by atoms with E-state index in [0.717, 1.165) is 25.1 Å². The van der Waals surface area contributed by atoms with Crippen LogP contribution in [0.2, 0.25) is 0 Å². The van der Waals surface area contributed by atoms with Gasteiger partial charge in [0.1, 0.15) is 12.7 Å². The standard InChI is InChI=1S/C18H25NO6/c1-3-12-8-11(2)18(23,10-20)17(22)24-9-13-4-6-19-7-5-14(15(13)19)25-16(12)21/h3-4,11,14-15,20,23H,5-10H2,1-2H3/b12-3-/t11-,14+,15?,18+/m0/s1. The SMILES string of the molecule is C/C=C1/C[C@H](C)[C@](O)(CO)C(=O)OCC2=CCN3CC[C@@H](OC1=O)C23. The number of nitrogens with zero attached hydrogens (tertiary/aromatic N) is 1. The first kappa shape index (κ1) is 18.1. The molecule has 0 aliphatic carbocycles. The van der Waals surface area contributed by atoms with Crippen molar-refractivity contribution in [2.45, 2.75) is 44.4 Å². The van der Waals surface area contributed by atoms with Gasteiger partial charge in [-0.15, -0.1) is 0 Å². The number of carbonyl (C=O) groups excluding carboxylic acids is 2. The Morgan fingerprint density at radius 3 is 2.88 bits per heavy atom. The number of cyclic esters (lactones) is 1. The largest absolute Gasteiger partial charge is 0.459 e. The molecular weight excluding hydrogens is 326 g/mol. The minimum absolute atomic E-state index is 0.0273. The van der Waals surface area contributed by atoms with Gasteiger partial charge in [0.2, 0.25) is 0 Å². The Balaban J connectivity index is 1.93. The van der Waals surface area contributed by atoms with Crippen LogP contribution >= 0.6 is 0 Å². The molecule has 0 saturated carbocycles. The van der Waals surface area contributed by atoms with Gasteiger partial charge in [-0.05, 0) is 25.3 Å². The molecule has 3 heterocycles. The van der Waals surface area contributed by atoms with Crippen molar-refractivity contribution in [2.24, 2.45) is 5.92 Å². The highest BCUT2D eigenvalue weighted by Gasteiger charge is 2.46. The Hall–Kier alpha value is -1.70. The van der Waals surface area contributed by atoms with Gasteiger partial charge in [0, 0.05) is 24.6 Å². The summed E-state index contributed by atoms with van der Waals surface area (Å²) >= 11 is 0. The summed E-state index contributed by atoms with van der Waals surface area (Å²) in [5.41, 5.74) is -0.796. The van der Waals surface area contributed by atoms with E-state index in [0.29, 0.717) is 5.57 Å². The van der Waals surface area contributed by atoms with Crippen LogP contribution in [0.4, 0.5) is 0 Å². The Kier molecular flexibility index (Phi) is 4.99. The Morgan fingerprint density at radius 2 is 2.20 bits per heavy atom. The second-order valence-corrected chi connectivity index (χ2v) is 7.03. The Morgan fingerprint density at radius 1 is 1.44 bits per heavy atom. The van der Waals surface area contributed by atoms with Crippen LogP contribution < -0.4 is 0 Å². The molecule has 3 rings (SSSR count). The molecule has 0 amide bonds. The fourth-order valence-corrected chi connectivity index (χ4v) is 3.85. The molecule has 7 heteroatoms. The molecule has 0 bridgehead atoms. The third-order valence-corrected chi connectivity index (χ3v) is 5.59. The fourth-order valence-electron chi connectivity index (χ4n) is 3.85. The summed E-state index contributed by atoms with van der Waals surface area (Å²) in [5, 5.41) is 20.2. The zero-order chi connectivity index (χ0) is 18.2. The predicted octanol–water partition coefficient (Wildman–Crippen LogP) is 0.165. The zero-order valence-electron chi connectivity index (χ0n) is 14.6. The van der Waals surface area contributed by atoms with Gasteiger partial charge in [-0.2, -0.15) is 0 Å². The van der Waals surface area contributed by atoms with Crippen LogP contribution in [0.3, 0.4) is 0 Å². The van der Waals surface area contributed by atoms with Crippen molar-refractivity contribution >= 4 is 11.9 Å². The predicted molar refractivity (Wildman–Crippen MR) is 88.5 cm³/mol. The van der Waals surface area contributed by atoms with E-state index in [-0.39, 0.29) is 25.2 Å². The molecule has 0 aromatic rings. The molecule has 0 aromatic heterocycles. The number of aliphatic hydroxyl groups is 2. The van der Waals surface area contributed by atoms with Gasteiger partial charge >= 0.3 is 11.9 Å². The Bertz CT molecular complexity index is 627. The molecule has 138 valence electrons. The van der Waals surface area contributed by atoms with Crippen LogP contribution in [-0.4, -0.2) is 71.1 Å². The summed E-state index contributed by atoms with van der Waals surface area (Å²) in [6.07, 6.45) is 4.20. The molecule has 25 heavy (non-hydrogen) atoms.